The number of carboxylic acids is 1. The van der Waals surface area contributed by atoms with Gasteiger partial charge in [0.1, 0.15) is 0 Å². The number of benzene rings is 1. The highest BCUT2D eigenvalue weighted by molar-refractivity contribution is 5.94. The molecular weight excluding hydrogens is 242 g/mol. The minimum absolute atomic E-state index is 0.0160. The van der Waals surface area contributed by atoms with Crippen LogP contribution >= 0.6 is 0 Å². The van der Waals surface area contributed by atoms with E-state index in [1.165, 1.54) is 12.8 Å². The quantitative estimate of drug-likeness (QED) is 0.852. The number of hydrogen-bond donors (Lipinski definition) is 2. The van der Waals surface area contributed by atoms with Crippen LogP contribution in [0, 0.1) is 17.8 Å². The molecule has 0 aliphatic heterocycles. The molecule has 2 aliphatic carbocycles. The monoisotopic (exact) mass is 259 g/mol. The summed E-state index contributed by atoms with van der Waals surface area (Å²) >= 11 is 0. The molecule has 2 aliphatic rings. The summed E-state index contributed by atoms with van der Waals surface area (Å²) in [6, 6.07) is 7.07. The first-order valence-electron chi connectivity index (χ1n) is 6.75. The molecule has 0 unspecified atom stereocenters. The van der Waals surface area contributed by atoms with Crippen molar-refractivity contribution in [2.45, 2.75) is 25.7 Å². The molecule has 0 spiro atoms. The molecule has 4 heteroatoms. The van der Waals surface area contributed by atoms with Gasteiger partial charge in [-0.3, -0.25) is 9.59 Å². The first kappa shape index (κ1) is 12.2. The molecule has 0 saturated heterocycles. The number of amides is 1. The summed E-state index contributed by atoms with van der Waals surface area (Å²) in [7, 11) is 0. The van der Waals surface area contributed by atoms with Gasteiger partial charge in [-0.15, -0.1) is 0 Å². The lowest BCUT2D eigenvalue weighted by Gasteiger charge is -2.06. The van der Waals surface area contributed by atoms with Crippen molar-refractivity contribution in [3.63, 3.8) is 0 Å². The standard InChI is InChI=1S/C15H17NO3/c17-14(18)7-9-2-1-3-11(6-9)16-15(19)13-8-12(13)10-4-5-10/h1-3,6,10,12-13H,4-5,7-8H2,(H,16,19)(H,17,18)/t12-,13+/m0/s1. The smallest absolute Gasteiger partial charge is 0.307 e. The molecule has 100 valence electrons. The van der Waals surface area contributed by atoms with Crippen molar-refractivity contribution in [3.8, 4) is 0 Å². The van der Waals surface area contributed by atoms with Crippen molar-refractivity contribution in [1.82, 2.24) is 0 Å². The van der Waals surface area contributed by atoms with Crippen LogP contribution < -0.4 is 5.32 Å². The second-order valence-electron chi connectivity index (χ2n) is 5.60. The zero-order chi connectivity index (χ0) is 13.4. The number of carbonyl (C=O) groups is 2. The lowest BCUT2D eigenvalue weighted by molar-refractivity contribution is -0.136. The van der Waals surface area contributed by atoms with Gasteiger partial charge in [0.25, 0.3) is 0 Å². The average Bonchev–Trinajstić information content (AvgIpc) is 3.21. The molecule has 2 fully saturated rings. The van der Waals surface area contributed by atoms with Crippen molar-refractivity contribution in [2.24, 2.45) is 17.8 Å². The van der Waals surface area contributed by atoms with Gasteiger partial charge < -0.3 is 10.4 Å². The summed E-state index contributed by atoms with van der Waals surface area (Å²) in [6.45, 7) is 0. The Morgan fingerprint density at radius 1 is 1.32 bits per heavy atom. The fraction of sp³-hybridized carbons (Fsp3) is 0.467. The molecule has 0 aromatic heterocycles. The van der Waals surface area contributed by atoms with Crippen LogP contribution in [0.1, 0.15) is 24.8 Å². The summed E-state index contributed by atoms with van der Waals surface area (Å²) in [6.07, 6.45) is 3.56. The Morgan fingerprint density at radius 3 is 2.79 bits per heavy atom. The van der Waals surface area contributed by atoms with E-state index in [4.69, 9.17) is 5.11 Å². The van der Waals surface area contributed by atoms with Gasteiger partial charge in [0.2, 0.25) is 5.91 Å². The predicted octanol–water partition coefficient (Wildman–Crippen LogP) is 2.30. The van der Waals surface area contributed by atoms with E-state index in [1.54, 1.807) is 24.3 Å². The Kier molecular flexibility index (Phi) is 3.01. The largest absolute Gasteiger partial charge is 0.481 e. The molecular formula is C15H17NO3. The van der Waals surface area contributed by atoms with Crippen LogP contribution in [0.5, 0.6) is 0 Å². The van der Waals surface area contributed by atoms with E-state index < -0.39 is 5.97 Å². The third kappa shape index (κ3) is 2.95. The van der Waals surface area contributed by atoms with E-state index in [2.05, 4.69) is 5.32 Å². The number of carboxylic acid groups (broad SMARTS) is 1. The minimum Gasteiger partial charge on any atom is -0.481 e. The molecule has 3 rings (SSSR count). The van der Waals surface area contributed by atoms with E-state index in [1.807, 2.05) is 0 Å². The average molecular weight is 259 g/mol. The number of rotatable bonds is 5. The molecule has 2 saturated carbocycles. The first-order valence-corrected chi connectivity index (χ1v) is 6.75. The Labute approximate surface area is 111 Å². The summed E-state index contributed by atoms with van der Waals surface area (Å²) < 4.78 is 0. The number of nitrogens with one attached hydrogen (secondary N) is 1. The Hall–Kier alpha value is -1.84. The maximum Gasteiger partial charge on any atom is 0.307 e. The molecule has 0 radical (unpaired) electrons. The van der Waals surface area contributed by atoms with Gasteiger partial charge in [-0.2, -0.15) is 0 Å². The predicted molar refractivity (Wildman–Crippen MR) is 70.7 cm³/mol. The van der Waals surface area contributed by atoms with Crippen LogP contribution in [-0.4, -0.2) is 17.0 Å². The van der Waals surface area contributed by atoms with Crippen molar-refractivity contribution >= 4 is 17.6 Å². The molecule has 2 atom stereocenters. The molecule has 0 heterocycles. The van der Waals surface area contributed by atoms with E-state index in [-0.39, 0.29) is 18.2 Å². The van der Waals surface area contributed by atoms with Crippen LogP contribution in [0.15, 0.2) is 24.3 Å². The summed E-state index contributed by atoms with van der Waals surface area (Å²) in [5.74, 6) is 0.788. The topological polar surface area (TPSA) is 66.4 Å². The normalized spacial score (nSPS) is 24.8. The van der Waals surface area contributed by atoms with E-state index in [0.717, 1.165) is 12.3 Å². The van der Waals surface area contributed by atoms with Crippen molar-refractivity contribution in [3.05, 3.63) is 29.8 Å². The summed E-state index contributed by atoms with van der Waals surface area (Å²) in [5.41, 5.74) is 1.41. The highest BCUT2D eigenvalue weighted by atomic mass is 16.4. The molecule has 0 bridgehead atoms. The van der Waals surface area contributed by atoms with Crippen molar-refractivity contribution in [2.75, 3.05) is 5.32 Å². The number of anilines is 1. The SMILES string of the molecule is O=C(O)Cc1cccc(NC(=O)[C@@H]2C[C@H]2C2CC2)c1. The fourth-order valence-electron chi connectivity index (χ4n) is 2.73. The molecule has 19 heavy (non-hydrogen) atoms. The minimum atomic E-state index is -0.862. The van der Waals surface area contributed by atoms with Crippen LogP contribution in [0.3, 0.4) is 0 Å². The van der Waals surface area contributed by atoms with E-state index >= 15 is 0 Å². The van der Waals surface area contributed by atoms with E-state index in [9.17, 15) is 9.59 Å². The zero-order valence-corrected chi connectivity index (χ0v) is 10.6. The third-order valence-corrected chi connectivity index (χ3v) is 3.95. The van der Waals surface area contributed by atoms with Crippen molar-refractivity contribution in [1.29, 1.82) is 0 Å². The van der Waals surface area contributed by atoms with Crippen LogP contribution in [-0.2, 0) is 16.0 Å². The Balaban J connectivity index is 1.59. The molecule has 1 aromatic carbocycles. The van der Waals surface area contributed by atoms with Gasteiger partial charge >= 0.3 is 5.97 Å². The zero-order valence-electron chi connectivity index (χ0n) is 10.6. The van der Waals surface area contributed by atoms with E-state index in [0.29, 0.717) is 17.2 Å². The van der Waals surface area contributed by atoms with Crippen LogP contribution in [0.4, 0.5) is 5.69 Å². The second kappa shape index (κ2) is 4.68. The fourth-order valence-corrected chi connectivity index (χ4v) is 2.73. The Bertz CT molecular complexity index is 522. The molecule has 4 nitrogen and oxygen atoms in total. The van der Waals surface area contributed by atoms with Gasteiger partial charge in [-0.05, 0) is 48.8 Å². The number of carbonyl (C=O) groups excluding carboxylic acids is 1. The maximum absolute atomic E-state index is 12.0. The van der Waals surface area contributed by atoms with Gasteiger partial charge in [0, 0.05) is 11.6 Å². The molecule has 1 amide bonds. The lowest BCUT2D eigenvalue weighted by Crippen LogP contribution is -2.15. The molecule has 2 N–H and O–H groups in total. The summed E-state index contributed by atoms with van der Waals surface area (Å²) in [4.78, 5) is 22.7. The van der Waals surface area contributed by atoms with Crippen LogP contribution in [0.2, 0.25) is 0 Å². The lowest BCUT2D eigenvalue weighted by atomic mass is 10.1. The molecule has 1 aromatic rings. The third-order valence-electron chi connectivity index (χ3n) is 3.95. The second-order valence-corrected chi connectivity index (χ2v) is 5.60. The first-order chi connectivity index (χ1) is 9.13. The highest BCUT2D eigenvalue weighted by Gasteiger charge is 2.51. The maximum atomic E-state index is 12.0. The van der Waals surface area contributed by atoms with Gasteiger partial charge in [-0.25, -0.2) is 0 Å². The van der Waals surface area contributed by atoms with Crippen molar-refractivity contribution < 1.29 is 14.7 Å². The Morgan fingerprint density at radius 2 is 2.11 bits per heavy atom. The highest BCUT2D eigenvalue weighted by Crippen LogP contribution is 2.54. The number of hydrogen-bond acceptors (Lipinski definition) is 2. The van der Waals surface area contributed by atoms with Gasteiger partial charge in [0.05, 0.1) is 6.42 Å². The van der Waals surface area contributed by atoms with Gasteiger partial charge in [-0.1, -0.05) is 12.1 Å². The van der Waals surface area contributed by atoms with Gasteiger partial charge in [0.15, 0.2) is 0 Å². The number of aliphatic carboxylic acids is 1. The van der Waals surface area contributed by atoms with Crippen LogP contribution in [0.25, 0.3) is 0 Å². The summed E-state index contributed by atoms with van der Waals surface area (Å²) in [5, 5.41) is 11.7.